The predicted molar refractivity (Wildman–Crippen MR) is 50.3 cm³/mol. The monoisotopic (exact) mass is 179 g/mol. The van der Waals surface area contributed by atoms with E-state index in [0.717, 1.165) is 6.29 Å². The minimum Gasteiger partial charge on any atom is -0.408 e. The lowest BCUT2D eigenvalue weighted by atomic mass is 10.1. The van der Waals surface area contributed by atoms with E-state index in [0.29, 0.717) is 5.75 Å². The van der Waals surface area contributed by atoms with Crippen molar-refractivity contribution in [3.05, 3.63) is 30.3 Å². The molecule has 0 saturated carbocycles. The molecular formula is C10H13NO2. The first-order valence-corrected chi connectivity index (χ1v) is 4.09. The average molecular weight is 179 g/mol. The molecule has 1 aromatic rings. The van der Waals surface area contributed by atoms with Gasteiger partial charge in [0.25, 0.3) is 0 Å². The molecule has 0 saturated heterocycles. The number of para-hydroxylation sites is 1. The maximum atomic E-state index is 10.5. The minimum absolute atomic E-state index is 0.657. The quantitative estimate of drug-likeness (QED) is 0.563. The van der Waals surface area contributed by atoms with Gasteiger partial charge < -0.3 is 9.63 Å². The van der Waals surface area contributed by atoms with Crippen molar-refractivity contribution in [1.82, 2.24) is 5.48 Å². The molecule has 0 unspecified atom stereocenters. The lowest BCUT2D eigenvalue weighted by molar-refractivity contribution is -0.115. The van der Waals surface area contributed by atoms with Gasteiger partial charge in [0.15, 0.2) is 0 Å². The van der Waals surface area contributed by atoms with Crippen molar-refractivity contribution in [2.75, 3.05) is 0 Å². The lowest BCUT2D eigenvalue weighted by Crippen LogP contribution is -2.42. The molecule has 0 radical (unpaired) electrons. The Bertz CT molecular complexity index is 270. The van der Waals surface area contributed by atoms with Gasteiger partial charge in [-0.2, -0.15) is 0 Å². The third-order valence-corrected chi connectivity index (χ3v) is 1.47. The zero-order chi connectivity index (χ0) is 9.73. The Hall–Kier alpha value is -1.35. The van der Waals surface area contributed by atoms with Crippen LogP contribution in [-0.4, -0.2) is 11.8 Å². The van der Waals surface area contributed by atoms with Gasteiger partial charge in [-0.3, -0.25) is 0 Å². The van der Waals surface area contributed by atoms with E-state index in [9.17, 15) is 4.79 Å². The van der Waals surface area contributed by atoms with Gasteiger partial charge >= 0.3 is 0 Å². The number of hydrogen-bond acceptors (Lipinski definition) is 3. The van der Waals surface area contributed by atoms with E-state index in [2.05, 4.69) is 5.48 Å². The van der Waals surface area contributed by atoms with Crippen LogP contribution in [0.15, 0.2) is 30.3 Å². The van der Waals surface area contributed by atoms with Gasteiger partial charge in [-0.1, -0.05) is 18.2 Å². The Kier molecular flexibility index (Phi) is 3.03. The standard InChI is InChI=1S/C10H13NO2/c1-10(2,8-12)11-13-9-6-4-3-5-7-9/h3-8,11H,1-2H3. The average Bonchev–Trinajstić information content (AvgIpc) is 2.17. The number of hydrogen-bond donors (Lipinski definition) is 1. The molecule has 1 aromatic carbocycles. The fourth-order valence-electron chi connectivity index (χ4n) is 0.703. The predicted octanol–water partition coefficient (Wildman–Crippen LogP) is 1.55. The number of rotatable bonds is 4. The van der Waals surface area contributed by atoms with Crippen LogP contribution >= 0.6 is 0 Å². The maximum absolute atomic E-state index is 10.5. The van der Waals surface area contributed by atoms with E-state index < -0.39 is 5.54 Å². The molecule has 13 heavy (non-hydrogen) atoms. The van der Waals surface area contributed by atoms with E-state index in [1.165, 1.54) is 0 Å². The van der Waals surface area contributed by atoms with Crippen molar-refractivity contribution in [1.29, 1.82) is 0 Å². The minimum atomic E-state index is -0.657. The molecule has 0 aliphatic heterocycles. The van der Waals surface area contributed by atoms with E-state index in [1.807, 2.05) is 30.3 Å². The molecule has 0 fully saturated rings. The summed E-state index contributed by atoms with van der Waals surface area (Å²) in [5, 5.41) is 0. The van der Waals surface area contributed by atoms with Crippen molar-refractivity contribution in [3.63, 3.8) is 0 Å². The van der Waals surface area contributed by atoms with Crippen LogP contribution in [0.25, 0.3) is 0 Å². The van der Waals surface area contributed by atoms with Gasteiger partial charge in [0, 0.05) is 0 Å². The molecule has 3 heteroatoms. The van der Waals surface area contributed by atoms with E-state index in [1.54, 1.807) is 13.8 Å². The van der Waals surface area contributed by atoms with Gasteiger partial charge in [0.05, 0.1) is 0 Å². The molecule has 0 aliphatic rings. The highest BCUT2D eigenvalue weighted by molar-refractivity contribution is 5.62. The summed E-state index contributed by atoms with van der Waals surface area (Å²) < 4.78 is 0. The van der Waals surface area contributed by atoms with Gasteiger partial charge in [-0.15, -0.1) is 5.48 Å². The van der Waals surface area contributed by atoms with Crippen molar-refractivity contribution < 1.29 is 9.63 Å². The zero-order valence-electron chi connectivity index (χ0n) is 7.78. The molecular weight excluding hydrogens is 166 g/mol. The summed E-state index contributed by atoms with van der Waals surface area (Å²) in [5.74, 6) is 0.692. The number of carbonyl (C=O) groups excluding carboxylic acids is 1. The highest BCUT2D eigenvalue weighted by atomic mass is 16.6. The van der Waals surface area contributed by atoms with Crippen LogP contribution in [0.3, 0.4) is 0 Å². The van der Waals surface area contributed by atoms with E-state index in [-0.39, 0.29) is 0 Å². The Morgan fingerprint density at radius 1 is 1.31 bits per heavy atom. The summed E-state index contributed by atoms with van der Waals surface area (Å²) in [7, 11) is 0. The second-order valence-corrected chi connectivity index (χ2v) is 3.36. The molecule has 0 atom stereocenters. The van der Waals surface area contributed by atoms with Gasteiger partial charge in [0.1, 0.15) is 17.6 Å². The molecule has 0 amide bonds. The Morgan fingerprint density at radius 3 is 2.46 bits per heavy atom. The smallest absolute Gasteiger partial charge is 0.147 e. The highest BCUT2D eigenvalue weighted by Crippen LogP contribution is 2.08. The first-order chi connectivity index (χ1) is 6.14. The van der Waals surface area contributed by atoms with Gasteiger partial charge in [-0.05, 0) is 26.0 Å². The van der Waals surface area contributed by atoms with Crippen molar-refractivity contribution >= 4 is 6.29 Å². The number of nitrogens with one attached hydrogen (secondary N) is 1. The van der Waals surface area contributed by atoms with Crippen molar-refractivity contribution in [2.24, 2.45) is 0 Å². The first-order valence-electron chi connectivity index (χ1n) is 4.09. The fraction of sp³-hybridized carbons (Fsp3) is 0.300. The van der Waals surface area contributed by atoms with Gasteiger partial charge in [0.2, 0.25) is 0 Å². The Labute approximate surface area is 77.7 Å². The van der Waals surface area contributed by atoms with Crippen LogP contribution < -0.4 is 10.3 Å². The van der Waals surface area contributed by atoms with Crippen molar-refractivity contribution in [3.8, 4) is 5.75 Å². The largest absolute Gasteiger partial charge is 0.408 e. The van der Waals surface area contributed by atoms with Crippen LogP contribution in [-0.2, 0) is 4.79 Å². The summed E-state index contributed by atoms with van der Waals surface area (Å²) >= 11 is 0. The molecule has 0 heterocycles. The molecule has 0 aromatic heterocycles. The van der Waals surface area contributed by atoms with Gasteiger partial charge in [-0.25, -0.2) is 0 Å². The molecule has 3 nitrogen and oxygen atoms in total. The second kappa shape index (κ2) is 4.05. The summed E-state index contributed by atoms with van der Waals surface area (Å²) in [6.07, 6.45) is 0.802. The Morgan fingerprint density at radius 2 is 1.92 bits per heavy atom. The van der Waals surface area contributed by atoms with Crippen LogP contribution in [0.4, 0.5) is 0 Å². The van der Waals surface area contributed by atoms with Crippen LogP contribution in [0.2, 0.25) is 0 Å². The molecule has 0 spiro atoms. The SMILES string of the molecule is CC(C)(C=O)NOc1ccccc1. The topological polar surface area (TPSA) is 38.3 Å². The first kappa shape index (κ1) is 9.74. The highest BCUT2D eigenvalue weighted by Gasteiger charge is 2.16. The number of hydroxylamine groups is 1. The molecule has 1 rings (SSSR count). The maximum Gasteiger partial charge on any atom is 0.147 e. The molecule has 70 valence electrons. The van der Waals surface area contributed by atoms with E-state index in [4.69, 9.17) is 4.84 Å². The summed E-state index contributed by atoms with van der Waals surface area (Å²) in [5.41, 5.74) is 2.00. The molecule has 0 bridgehead atoms. The normalized spacial score (nSPS) is 10.9. The number of aldehydes is 1. The lowest BCUT2D eigenvalue weighted by Gasteiger charge is -2.18. The zero-order valence-corrected chi connectivity index (χ0v) is 7.78. The molecule has 1 N–H and O–H groups in total. The Balaban J connectivity index is 2.48. The number of carbonyl (C=O) groups is 1. The summed E-state index contributed by atoms with van der Waals surface area (Å²) in [4.78, 5) is 15.7. The third kappa shape index (κ3) is 3.25. The number of benzene rings is 1. The van der Waals surface area contributed by atoms with Crippen molar-refractivity contribution in [2.45, 2.75) is 19.4 Å². The van der Waals surface area contributed by atoms with Crippen LogP contribution in [0.1, 0.15) is 13.8 Å². The van der Waals surface area contributed by atoms with E-state index >= 15 is 0 Å². The van der Waals surface area contributed by atoms with Crippen LogP contribution in [0, 0.1) is 0 Å². The summed E-state index contributed by atoms with van der Waals surface area (Å²) in [6, 6.07) is 9.26. The second-order valence-electron chi connectivity index (χ2n) is 3.36. The van der Waals surface area contributed by atoms with Crippen LogP contribution in [0.5, 0.6) is 5.75 Å². The summed E-state index contributed by atoms with van der Waals surface area (Å²) in [6.45, 7) is 3.48. The third-order valence-electron chi connectivity index (χ3n) is 1.47. The molecule has 0 aliphatic carbocycles. The fourth-order valence-corrected chi connectivity index (χ4v) is 0.703.